The van der Waals surface area contributed by atoms with Gasteiger partial charge in [-0.25, -0.2) is 0 Å². The average Bonchev–Trinajstić information content (AvgIpc) is 0.774. The van der Waals surface area contributed by atoms with Crippen molar-refractivity contribution >= 4 is 89.4 Å². The molecular formula is C60H100N12O40. The summed E-state index contributed by atoms with van der Waals surface area (Å²) in [4.78, 5) is 191. The molecule has 2 rings (SSSR count). The smallest absolute Gasteiger partial charge is 0.317 e. The van der Waals surface area contributed by atoms with E-state index < -0.39 is 326 Å². The molecule has 640 valence electrons. The number of carboxylic acids is 12. The van der Waals surface area contributed by atoms with Crippen LogP contribution in [0.1, 0.15) is 0 Å². The second-order valence-corrected chi connectivity index (χ2v) is 25.7. The molecule has 0 spiro atoms. The number of hydrogen-bond donors (Lipinski definition) is 24. The number of aliphatic hydroxyl groups excluding tert-OH is 9. The molecule has 2 aliphatic rings. The normalized spacial score (nSPS) is 21.1. The summed E-state index contributed by atoms with van der Waals surface area (Å²) in [6, 6.07) is -6.37. The Morgan fingerprint density at radius 3 is 0.848 bits per heavy atom. The third-order valence-corrected chi connectivity index (χ3v) is 16.7. The molecule has 52 heteroatoms. The van der Waals surface area contributed by atoms with Gasteiger partial charge in [-0.2, -0.15) is 0 Å². The number of carbonyl (C=O) groups is 15. The summed E-state index contributed by atoms with van der Waals surface area (Å²) in [5, 5.41) is 221. The number of nitrogens with one attached hydrogen (secondary N) is 3. The van der Waals surface area contributed by atoms with E-state index in [0.29, 0.717) is 0 Å². The van der Waals surface area contributed by atoms with Crippen LogP contribution < -0.4 is 16.0 Å². The van der Waals surface area contributed by atoms with Gasteiger partial charge >= 0.3 is 71.6 Å². The molecule has 2 aliphatic heterocycles. The fraction of sp³-hybridized carbons (Fsp3) is 0.750. The Kier molecular flexibility index (Phi) is 45.2. The standard InChI is InChI=1S/C60H100N12O40/c73-28-32(61-36(77)13-67(19-42(86)87)7-1-64(16-39(80)81)4-10-70(22-45(92)93)23-46(94)95)53(104)54(105)33(29-74)109-59-52(63-38(79)15-69(21-44(90)91)9-3-66(18-41(84)85)6-12-72(26-49(100)101)27-50(102)103)57(108)58(35(31-76)111-59)112-60-51(56(107)55(106)34(30-75)110-60)62-37(78)14-68(20-43(88)89)8-2-65(17-40(82)83)5-11-71(24-47(96)97)25-48(98)99/h32-35,51-60,73-76,104-108H,1-31H2,(H,61,77)(H,62,78)(H,63,79)(H,80,81)(H,82,83)(H,84,85)(H,86,87)(H,88,89)(H,90,91)(H,92,93)(H,94,95)(H,96,97)(H,98,99)(H,100,101)(H,102,103)/t32-,33-,34-,35-,51-,52-,53-,54-,55-,56-,57-,58-,59-,60+/m1/s1. The van der Waals surface area contributed by atoms with Crippen molar-refractivity contribution in [3.05, 3.63) is 0 Å². The predicted molar refractivity (Wildman–Crippen MR) is 361 cm³/mol. The van der Waals surface area contributed by atoms with Crippen molar-refractivity contribution in [2.45, 2.75) is 85.6 Å². The van der Waals surface area contributed by atoms with Gasteiger partial charge in [-0.05, 0) is 0 Å². The zero-order valence-electron chi connectivity index (χ0n) is 60.2. The van der Waals surface area contributed by atoms with Crippen molar-refractivity contribution < 1.29 is 198 Å². The molecule has 112 heavy (non-hydrogen) atoms. The first-order chi connectivity index (χ1) is 52.5. The van der Waals surface area contributed by atoms with E-state index in [9.17, 15) is 179 Å². The van der Waals surface area contributed by atoms with Crippen LogP contribution in [0, 0.1) is 0 Å². The lowest BCUT2D eigenvalue weighted by Crippen LogP contribution is -2.70. The van der Waals surface area contributed by atoms with Crippen molar-refractivity contribution in [2.75, 3.05) is 203 Å². The van der Waals surface area contributed by atoms with Crippen LogP contribution in [0.25, 0.3) is 0 Å². The van der Waals surface area contributed by atoms with Crippen LogP contribution in [0.2, 0.25) is 0 Å². The maximum absolute atomic E-state index is 14.4. The van der Waals surface area contributed by atoms with Gasteiger partial charge in [-0.1, -0.05) is 0 Å². The summed E-state index contributed by atoms with van der Waals surface area (Å²) < 4.78 is 23.6. The molecule has 0 radical (unpaired) electrons. The van der Waals surface area contributed by atoms with E-state index in [4.69, 9.17) is 18.9 Å². The van der Waals surface area contributed by atoms with E-state index in [1.165, 1.54) is 0 Å². The summed E-state index contributed by atoms with van der Waals surface area (Å²) in [5.41, 5.74) is 0. The first kappa shape index (κ1) is 99.2. The number of carbonyl (C=O) groups excluding carboxylic acids is 3. The van der Waals surface area contributed by atoms with Crippen LogP contribution in [0.5, 0.6) is 0 Å². The number of nitrogens with zero attached hydrogens (tertiary/aromatic N) is 9. The van der Waals surface area contributed by atoms with Crippen molar-refractivity contribution in [3.63, 3.8) is 0 Å². The van der Waals surface area contributed by atoms with E-state index in [1.54, 1.807) is 0 Å². The van der Waals surface area contributed by atoms with Gasteiger partial charge < -0.3 is 142 Å². The minimum Gasteiger partial charge on any atom is -0.480 e. The van der Waals surface area contributed by atoms with E-state index in [1.807, 2.05) is 0 Å². The Labute approximate surface area is 634 Å². The van der Waals surface area contributed by atoms with Crippen LogP contribution in [-0.4, -0.2) is 529 Å². The quantitative estimate of drug-likeness (QED) is 0.0269. The molecule has 0 aromatic carbocycles. The molecule has 0 unspecified atom stereocenters. The first-order valence-corrected chi connectivity index (χ1v) is 33.9. The highest BCUT2D eigenvalue weighted by Crippen LogP contribution is 2.31. The van der Waals surface area contributed by atoms with Crippen LogP contribution >= 0.6 is 0 Å². The summed E-state index contributed by atoms with van der Waals surface area (Å²) in [7, 11) is 0. The van der Waals surface area contributed by atoms with Crippen molar-refractivity contribution in [3.8, 4) is 0 Å². The molecule has 0 aromatic heterocycles. The van der Waals surface area contributed by atoms with Gasteiger partial charge in [0.2, 0.25) is 17.7 Å². The molecule has 2 saturated heterocycles. The summed E-state index contributed by atoms with van der Waals surface area (Å²) >= 11 is 0. The highest BCUT2D eigenvalue weighted by molar-refractivity contribution is 5.81. The minimum absolute atomic E-state index is 0.296. The minimum atomic E-state index is -2.55. The van der Waals surface area contributed by atoms with Gasteiger partial charge in [-0.3, -0.25) is 116 Å². The largest absolute Gasteiger partial charge is 0.480 e. The fourth-order valence-electron chi connectivity index (χ4n) is 11.5. The van der Waals surface area contributed by atoms with Crippen LogP contribution in [0.3, 0.4) is 0 Å². The maximum atomic E-state index is 14.4. The lowest BCUT2D eigenvalue weighted by atomic mass is 9.94. The Balaban J connectivity index is 2.71. The highest BCUT2D eigenvalue weighted by atomic mass is 16.7. The van der Waals surface area contributed by atoms with Gasteiger partial charge in [0.25, 0.3) is 0 Å². The highest BCUT2D eigenvalue weighted by Gasteiger charge is 2.53. The summed E-state index contributed by atoms with van der Waals surface area (Å²) in [6.45, 7) is -22.8. The molecule has 3 amide bonds. The lowest BCUT2D eigenvalue weighted by molar-refractivity contribution is -0.340. The molecule has 0 aromatic rings. The fourth-order valence-corrected chi connectivity index (χ4v) is 11.5. The second kappa shape index (κ2) is 51.0. The average molecular weight is 1630 g/mol. The van der Waals surface area contributed by atoms with Crippen molar-refractivity contribution in [2.24, 2.45) is 0 Å². The Morgan fingerprint density at radius 2 is 0.571 bits per heavy atom. The second-order valence-electron chi connectivity index (χ2n) is 25.7. The Hall–Kier alpha value is -8.83. The number of aliphatic hydroxyl groups is 9. The van der Waals surface area contributed by atoms with Gasteiger partial charge in [0.1, 0.15) is 67.0 Å². The van der Waals surface area contributed by atoms with Crippen LogP contribution in [0.4, 0.5) is 0 Å². The molecule has 24 N–H and O–H groups in total. The number of ether oxygens (including phenoxy) is 4. The zero-order chi connectivity index (χ0) is 84.8. The van der Waals surface area contributed by atoms with E-state index in [2.05, 4.69) is 16.0 Å². The summed E-state index contributed by atoms with van der Waals surface area (Å²) in [6.07, 6.45) is -25.0. The number of rotatable bonds is 62. The third kappa shape index (κ3) is 39.1. The van der Waals surface area contributed by atoms with Gasteiger partial charge in [-0.15, -0.1) is 0 Å². The monoisotopic (exact) mass is 1630 g/mol. The molecule has 2 heterocycles. The third-order valence-electron chi connectivity index (χ3n) is 16.7. The lowest BCUT2D eigenvalue weighted by Gasteiger charge is -2.48. The molecule has 14 atom stereocenters. The number of carboxylic acid groups (broad SMARTS) is 12. The molecular weight excluding hydrogens is 1530 g/mol. The van der Waals surface area contributed by atoms with Crippen LogP contribution in [-0.2, 0) is 90.9 Å². The van der Waals surface area contributed by atoms with Gasteiger partial charge in [0.15, 0.2) is 12.6 Å². The molecule has 52 nitrogen and oxygen atoms in total. The number of aliphatic carboxylic acids is 12. The number of amides is 3. The molecule has 0 aliphatic carbocycles. The van der Waals surface area contributed by atoms with E-state index >= 15 is 0 Å². The van der Waals surface area contributed by atoms with Gasteiger partial charge in [0.05, 0.1) is 131 Å². The SMILES string of the molecule is O=C(O)CN(CCN(CC(=O)O)CC(=O)O)CCN(CC(=O)O)CC(=O)N[C@H]1[C@H](O[C@H](CO)[C@@H](O)[C@H](O)[C@@H](CO)NC(=O)CN(CCN(CCN(CC(=O)O)CC(=O)O)CC(=O)O)CC(=O)O)O[C@H](CO)[C@@H](O[C@@H]2O[C@H](CO)[C@@H](O)[C@H](O)[C@H]2NC(=O)CN(CCN(CCN(CC(=O)O)CC(=O)O)CC(=O)O)CC(=O)O)[C@@H]1O. The predicted octanol–water partition coefficient (Wildman–Crippen LogP) is -15.8. The van der Waals surface area contributed by atoms with Crippen molar-refractivity contribution in [1.29, 1.82) is 0 Å². The Bertz CT molecular complexity index is 3050. The zero-order valence-corrected chi connectivity index (χ0v) is 60.2. The maximum Gasteiger partial charge on any atom is 0.317 e. The van der Waals surface area contributed by atoms with Crippen LogP contribution in [0.15, 0.2) is 0 Å². The van der Waals surface area contributed by atoms with Gasteiger partial charge in [0, 0.05) is 78.5 Å². The molecule has 0 bridgehead atoms. The topological polar surface area (TPSA) is 783 Å². The van der Waals surface area contributed by atoms with Crippen molar-refractivity contribution in [1.82, 2.24) is 60.0 Å². The molecule has 0 saturated carbocycles. The van der Waals surface area contributed by atoms with E-state index in [0.717, 1.165) is 44.1 Å². The first-order valence-electron chi connectivity index (χ1n) is 33.9. The molecule has 2 fully saturated rings. The Morgan fingerprint density at radius 1 is 0.312 bits per heavy atom. The van der Waals surface area contributed by atoms with E-state index in [-0.39, 0.29) is 52.4 Å². The summed E-state index contributed by atoms with van der Waals surface area (Å²) in [5.74, 6) is -21.5. The number of hydrogen-bond acceptors (Lipinski definition) is 37.